The molecule has 8 nitrogen and oxygen atoms in total. The number of nitriles is 1. The molecule has 11 heteroatoms. The van der Waals surface area contributed by atoms with Crippen molar-refractivity contribution in [1.29, 1.82) is 5.26 Å². The van der Waals surface area contributed by atoms with Gasteiger partial charge in [-0.15, -0.1) is 6.58 Å². The van der Waals surface area contributed by atoms with Gasteiger partial charge in [0.05, 0.1) is 40.3 Å². The average Bonchev–Trinajstić information content (AvgIpc) is 3.26. The summed E-state index contributed by atoms with van der Waals surface area (Å²) in [6.07, 6.45) is -4.84. The first kappa shape index (κ1) is 22.8. The summed E-state index contributed by atoms with van der Waals surface area (Å²) in [6, 6.07) is 4.15. The molecular formula is C22H20F3N3O5. The number of rotatable bonds is 4. The lowest BCUT2D eigenvalue weighted by Gasteiger charge is -2.34. The lowest BCUT2D eigenvalue weighted by molar-refractivity contribution is -0.138. The van der Waals surface area contributed by atoms with E-state index in [1.165, 1.54) is 12.1 Å². The molecule has 4 rings (SSSR count). The fourth-order valence-corrected chi connectivity index (χ4v) is 5.24. The minimum absolute atomic E-state index is 0.139. The van der Waals surface area contributed by atoms with Gasteiger partial charge >= 0.3 is 12.3 Å². The lowest BCUT2D eigenvalue weighted by atomic mass is 9.67. The minimum atomic E-state index is -4.85. The highest BCUT2D eigenvalue weighted by atomic mass is 19.4. The number of ether oxygens (including phenoxy) is 2. The third-order valence-electron chi connectivity index (χ3n) is 6.59. The van der Waals surface area contributed by atoms with Crippen LogP contribution in [0, 0.1) is 23.2 Å². The topological polar surface area (TPSA) is 109 Å². The second-order valence-electron chi connectivity index (χ2n) is 8.67. The van der Waals surface area contributed by atoms with Gasteiger partial charge in [0.2, 0.25) is 11.8 Å². The number of nitrogens with one attached hydrogen (secondary N) is 1. The highest BCUT2D eigenvalue weighted by Gasteiger charge is 2.76. The number of alkyl halides is 3. The number of amides is 3. The zero-order valence-electron chi connectivity index (χ0n) is 17.7. The Morgan fingerprint density at radius 2 is 2.03 bits per heavy atom. The molecule has 0 unspecified atom stereocenters. The largest absolute Gasteiger partial charge is 0.443 e. The second kappa shape index (κ2) is 7.31. The number of hydrogen-bond acceptors (Lipinski definition) is 6. The Morgan fingerprint density at radius 1 is 1.36 bits per heavy atom. The van der Waals surface area contributed by atoms with Crippen molar-refractivity contribution in [2.45, 2.75) is 43.8 Å². The Kier molecular flexibility index (Phi) is 5.05. The van der Waals surface area contributed by atoms with E-state index in [1.807, 2.05) is 0 Å². The number of hydrogen-bond donors (Lipinski definition) is 1. The maximum absolute atomic E-state index is 13.4. The Balaban J connectivity index is 1.69. The number of halogens is 3. The van der Waals surface area contributed by atoms with Crippen LogP contribution >= 0.6 is 0 Å². The SMILES string of the molecule is C=CCNC(=O)O[C@@H]1C[C@@]2(C)O[C@]1(C)[C@@H]1C(=O)N(c3ccc(C#N)c(C(F)(F)F)c3)C(=O)[C@@H]12. The van der Waals surface area contributed by atoms with E-state index in [0.717, 1.165) is 12.1 Å². The van der Waals surface area contributed by atoms with Gasteiger partial charge in [-0.05, 0) is 32.0 Å². The number of carbonyl (C=O) groups excluding carboxylic acids is 3. The molecule has 5 atom stereocenters. The smallest absolute Gasteiger partial charge is 0.417 e. The van der Waals surface area contributed by atoms with Crippen molar-refractivity contribution in [2.75, 3.05) is 11.4 Å². The molecule has 0 aliphatic carbocycles. The van der Waals surface area contributed by atoms with Gasteiger partial charge in [-0.1, -0.05) is 6.08 Å². The van der Waals surface area contributed by atoms with Gasteiger partial charge in [-0.3, -0.25) is 9.59 Å². The number of alkyl carbamates (subject to hydrolysis) is 1. The van der Waals surface area contributed by atoms with Gasteiger partial charge in [0, 0.05) is 13.0 Å². The van der Waals surface area contributed by atoms with Gasteiger partial charge in [0.1, 0.15) is 11.7 Å². The predicted octanol–water partition coefficient (Wildman–Crippen LogP) is 2.91. The molecule has 0 radical (unpaired) electrons. The Hall–Kier alpha value is -3.39. The fraction of sp³-hybridized carbons (Fsp3) is 0.455. The van der Waals surface area contributed by atoms with Crippen molar-refractivity contribution >= 4 is 23.6 Å². The van der Waals surface area contributed by atoms with Crippen LogP contribution < -0.4 is 10.2 Å². The number of imide groups is 1. The molecule has 3 aliphatic rings. The van der Waals surface area contributed by atoms with Crippen LogP contribution in [-0.2, 0) is 25.2 Å². The first-order valence-electron chi connectivity index (χ1n) is 10.1. The first-order chi connectivity index (χ1) is 15.4. The van der Waals surface area contributed by atoms with E-state index in [2.05, 4.69) is 11.9 Å². The molecular weight excluding hydrogens is 443 g/mol. The number of carbonyl (C=O) groups is 3. The average molecular weight is 463 g/mol. The van der Waals surface area contributed by atoms with E-state index in [0.29, 0.717) is 11.0 Å². The summed E-state index contributed by atoms with van der Waals surface area (Å²) in [5.74, 6) is -3.43. The molecule has 2 bridgehead atoms. The zero-order chi connectivity index (χ0) is 24.3. The third-order valence-corrected chi connectivity index (χ3v) is 6.59. The number of fused-ring (bicyclic) bond motifs is 5. The van der Waals surface area contributed by atoms with Crippen LogP contribution in [-0.4, -0.2) is 41.8 Å². The van der Waals surface area contributed by atoms with E-state index in [-0.39, 0.29) is 18.7 Å². The highest BCUT2D eigenvalue weighted by Crippen LogP contribution is 2.61. The highest BCUT2D eigenvalue weighted by molar-refractivity contribution is 6.23. The van der Waals surface area contributed by atoms with E-state index in [4.69, 9.17) is 14.7 Å². The monoisotopic (exact) mass is 463 g/mol. The van der Waals surface area contributed by atoms with Gasteiger partial charge in [-0.25, -0.2) is 9.69 Å². The first-order valence-corrected chi connectivity index (χ1v) is 10.1. The molecule has 0 spiro atoms. The van der Waals surface area contributed by atoms with Crippen LogP contribution in [0.3, 0.4) is 0 Å². The van der Waals surface area contributed by atoms with Crippen LogP contribution in [0.4, 0.5) is 23.7 Å². The summed E-state index contributed by atoms with van der Waals surface area (Å²) in [5.41, 5.74) is -4.63. The normalized spacial score (nSPS) is 32.5. The summed E-state index contributed by atoms with van der Waals surface area (Å²) in [6.45, 7) is 6.83. The van der Waals surface area contributed by atoms with Crippen LogP contribution in [0.5, 0.6) is 0 Å². The molecule has 3 amide bonds. The molecule has 33 heavy (non-hydrogen) atoms. The van der Waals surface area contributed by atoms with Crippen molar-refractivity contribution in [3.63, 3.8) is 0 Å². The summed E-state index contributed by atoms with van der Waals surface area (Å²) in [7, 11) is 0. The summed E-state index contributed by atoms with van der Waals surface area (Å²) in [5, 5.41) is 11.5. The number of benzene rings is 1. The molecule has 3 saturated heterocycles. The lowest BCUT2D eigenvalue weighted by Crippen LogP contribution is -2.51. The van der Waals surface area contributed by atoms with Crippen LogP contribution in [0.15, 0.2) is 30.9 Å². The Labute approximate surface area is 186 Å². The van der Waals surface area contributed by atoms with Crippen LogP contribution in [0.2, 0.25) is 0 Å². The molecule has 0 aromatic heterocycles. The van der Waals surface area contributed by atoms with Crippen LogP contribution in [0.1, 0.15) is 31.4 Å². The van der Waals surface area contributed by atoms with E-state index in [9.17, 15) is 27.6 Å². The molecule has 1 aromatic rings. The van der Waals surface area contributed by atoms with E-state index < -0.39 is 64.4 Å². The molecule has 174 valence electrons. The molecule has 1 N–H and O–H groups in total. The summed E-state index contributed by atoms with van der Waals surface area (Å²) in [4.78, 5) is 39.4. The van der Waals surface area contributed by atoms with Crippen molar-refractivity contribution < 1.29 is 37.0 Å². The summed E-state index contributed by atoms with van der Waals surface area (Å²) >= 11 is 0. The number of nitrogens with zero attached hydrogens (tertiary/aromatic N) is 2. The zero-order valence-corrected chi connectivity index (χ0v) is 17.7. The maximum atomic E-state index is 13.4. The number of anilines is 1. The quantitative estimate of drug-likeness (QED) is 0.543. The third kappa shape index (κ3) is 3.28. The van der Waals surface area contributed by atoms with Crippen molar-refractivity contribution in [3.8, 4) is 6.07 Å². The van der Waals surface area contributed by atoms with Gasteiger partial charge in [0.25, 0.3) is 0 Å². The van der Waals surface area contributed by atoms with Gasteiger partial charge < -0.3 is 14.8 Å². The molecule has 3 aliphatic heterocycles. The minimum Gasteiger partial charge on any atom is -0.443 e. The van der Waals surface area contributed by atoms with Crippen molar-refractivity contribution in [1.82, 2.24) is 5.32 Å². The van der Waals surface area contributed by atoms with Crippen molar-refractivity contribution in [2.24, 2.45) is 11.8 Å². The van der Waals surface area contributed by atoms with Gasteiger partial charge in [-0.2, -0.15) is 18.4 Å². The van der Waals surface area contributed by atoms with E-state index in [1.54, 1.807) is 13.8 Å². The van der Waals surface area contributed by atoms with Gasteiger partial charge in [0.15, 0.2) is 0 Å². The molecule has 3 fully saturated rings. The Bertz CT molecular complexity index is 1110. The second-order valence-corrected chi connectivity index (χ2v) is 8.67. The molecule has 0 saturated carbocycles. The molecule has 1 aromatic carbocycles. The predicted molar refractivity (Wildman–Crippen MR) is 107 cm³/mol. The van der Waals surface area contributed by atoms with Crippen LogP contribution in [0.25, 0.3) is 0 Å². The standard InChI is InChI=1S/C22H20F3N3O5/c1-4-7-27-19(31)32-14-9-20(2)15-16(21(14,3)33-20)18(30)28(17(15)29)12-6-5-11(10-26)13(8-12)22(23,24)25/h4-6,8,14-16H,1,7,9H2,2-3H3,(H,27,31)/t14-,15-,16+,20-,21+/m1/s1. The fourth-order valence-electron chi connectivity index (χ4n) is 5.24. The maximum Gasteiger partial charge on any atom is 0.417 e. The van der Waals surface area contributed by atoms with Crippen molar-refractivity contribution in [3.05, 3.63) is 42.0 Å². The van der Waals surface area contributed by atoms with E-state index >= 15 is 0 Å². The summed E-state index contributed by atoms with van der Waals surface area (Å²) < 4.78 is 51.8. The molecule has 3 heterocycles. The Morgan fingerprint density at radius 3 is 2.64 bits per heavy atom.